The number of morpholine rings is 1. The lowest BCUT2D eigenvalue weighted by Gasteiger charge is -2.32. The van der Waals surface area contributed by atoms with Crippen LogP contribution >= 0.6 is 11.6 Å². The minimum atomic E-state index is 0.416. The zero-order valence-corrected chi connectivity index (χ0v) is 26.1. The number of terminal acetylenes is 1. The summed E-state index contributed by atoms with van der Waals surface area (Å²) < 4.78 is 10.8. The van der Waals surface area contributed by atoms with E-state index in [1.54, 1.807) is 25.4 Å². The smallest absolute Gasteiger partial charge is 0.207 e. The molecule has 8 nitrogen and oxygen atoms in total. The molecule has 2 atom stereocenters. The van der Waals surface area contributed by atoms with E-state index in [0.29, 0.717) is 40.8 Å². The zero-order chi connectivity index (χ0) is 30.5. The quantitative estimate of drug-likeness (QED) is 0.249. The van der Waals surface area contributed by atoms with Gasteiger partial charge in [0.05, 0.1) is 30.0 Å². The van der Waals surface area contributed by atoms with Gasteiger partial charge in [0.2, 0.25) is 6.41 Å². The monoisotopic (exact) mass is 573 g/mol. The van der Waals surface area contributed by atoms with E-state index in [2.05, 4.69) is 60.3 Å². The van der Waals surface area contributed by atoms with E-state index in [0.717, 1.165) is 49.4 Å². The van der Waals surface area contributed by atoms with Gasteiger partial charge < -0.3 is 30.7 Å². The van der Waals surface area contributed by atoms with E-state index in [9.17, 15) is 4.79 Å². The Hall–Kier alpha value is -3.25. The number of likely N-dealkylation sites (N-methyl/N-ethyl adjacent to an activating group) is 1. The number of carbonyl (C=O) groups is 1. The molecule has 1 aliphatic rings. The maximum absolute atomic E-state index is 9.29. The van der Waals surface area contributed by atoms with Crippen molar-refractivity contribution in [2.24, 2.45) is 0 Å². The van der Waals surface area contributed by atoms with Crippen LogP contribution in [0.3, 0.4) is 0 Å². The van der Waals surface area contributed by atoms with Crippen LogP contribution in [-0.2, 0) is 9.53 Å². The van der Waals surface area contributed by atoms with Crippen molar-refractivity contribution >= 4 is 41.3 Å². The van der Waals surface area contributed by atoms with Crippen LogP contribution in [0.1, 0.15) is 65.5 Å². The van der Waals surface area contributed by atoms with Crippen molar-refractivity contribution < 1.29 is 14.3 Å². The molecule has 2 unspecified atom stereocenters. The number of nitrogen functional groups attached to an aromatic ring is 1. The Bertz CT molecular complexity index is 1050. The predicted molar refractivity (Wildman–Crippen MR) is 170 cm³/mol. The maximum Gasteiger partial charge on any atom is 0.207 e. The minimum absolute atomic E-state index is 0.416. The number of methoxy groups -OCH3 is 1. The molecular formula is C31H48ClN5O3. The highest BCUT2D eigenvalue weighted by atomic mass is 35.5. The number of ether oxygens (including phenoxy) is 2. The fourth-order valence-electron chi connectivity index (χ4n) is 3.74. The second-order valence-electron chi connectivity index (χ2n) is 8.81. The number of hydrogen-bond acceptors (Lipinski definition) is 7. The summed E-state index contributed by atoms with van der Waals surface area (Å²) in [6, 6.07) is 5.44. The lowest BCUT2D eigenvalue weighted by Crippen LogP contribution is -2.42. The molecule has 0 spiro atoms. The van der Waals surface area contributed by atoms with Crippen molar-refractivity contribution in [2.45, 2.75) is 66.6 Å². The minimum Gasteiger partial charge on any atom is -0.495 e. The number of anilines is 3. The van der Waals surface area contributed by atoms with E-state index in [1.165, 1.54) is 0 Å². The Balaban J connectivity index is 0.000000777. The molecule has 3 rings (SSSR count). The maximum atomic E-state index is 9.29. The molecule has 0 bridgehead atoms. The fraction of sp³-hybridized carbons (Fsp3) is 0.484. The lowest BCUT2D eigenvalue weighted by molar-refractivity contribution is -0.109. The number of amides is 1. The van der Waals surface area contributed by atoms with Crippen molar-refractivity contribution in [3.63, 3.8) is 0 Å². The van der Waals surface area contributed by atoms with E-state index in [4.69, 9.17) is 33.2 Å². The molecule has 1 aromatic carbocycles. The number of allylic oxidation sites excluding steroid dienone is 1. The van der Waals surface area contributed by atoms with Gasteiger partial charge in [-0.25, -0.2) is 4.98 Å². The largest absolute Gasteiger partial charge is 0.495 e. The molecule has 1 fully saturated rings. The molecule has 40 heavy (non-hydrogen) atoms. The first-order chi connectivity index (χ1) is 19.2. The summed E-state index contributed by atoms with van der Waals surface area (Å²) in [5.74, 6) is 3.54. The normalized spacial score (nSPS) is 16.1. The Morgan fingerprint density at radius 3 is 2.40 bits per heavy atom. The van der Waals surface area contributed by atoms with E-state index >= 15 is 0 Å². The fourth-order valence-corrected chi connectivity index (χ4v) is 3.98. The second-order valence-corrected chi connectivity index (χ2v) is 9.19. The van der Waals surface area contributed by atoms with Crippen molar-refractivity contribution in [3.8, 4) is 18.1 Å². The van der Waals surface area contributed by atoms with Gasteiger partial charge >= 0.3 is 0 Å². The van der Waals surface area contributed by atoms with Gasteiger partial charge in [0.25, 0.3) is 0 Å². The summed E-state index contributed by atoms with van der Waals surface area (Å²) in [5.41, 5.74) is 9.01. The van der Waals surface area contributed by atoms with Crippen LogP contribution in [0.15, 0.2) is 30.5 Å². The van der Waals surface area contributed by atoms with Gasteiger partial charge in [0, 0.05) is 48.7 Å². The molecule has 1 saturated heterocycles. The van der Waals surface area contributed by atoms with Crippen molar-refractivity contribution in [1.82, 2.24) is 15.2 Å². The molecule has 222 valence electrons. The summed E-state index contributed by atoms with van der Waals surface area (Å²) in [6.07, 6.45) is 14.8. The van der Waals surface area contributed by atoms with Gasteiger partial charge in [0.1, 0.15) is 11.6 Å². The van der Waals surface area contributed by atoms with Crippen LogP contribution in [0.5, 0.6) is 5.75 Å². The molecule has 1 aromatic heterocycles. The van der Waals surface area contributed by atoms with Gasteiger partial charge in [-0.2, -0.15) is 0 Å². The second kappa shape index (κ2) is 21.6. The number of rotatable bonds is 8. The van der Waals surface area contributed by atoms with Crippen LogP contribution in [-0.4, -0.2) is 62.3 Å². The highest BCUT2D eigenvalue weighted by Gasteiger charge is 2.18. The van der Waals surface area contributed by atoms with Crippen LogP contribution in [0.4, 0.5) is 17.2 Å². The number of hydrogen-bond donors (Lipinski definition) is 3. The van der Waals surface area contributed by atoms with Crippen molar-refractivity contribution in [2.75, 3.05) is 44.8 Å². The number of nitrogens with one attached hydrogen (secondary N) is 2. The first-order valence-corrected chi connectivity index (χ1v) is 14.1. The Labute approximate surface area is 246 Å². The van der Waals surface area contributed by atoms with Crippen molar-refractivity contribution in [1.29, 1.82) is 0 Å². The SMILES string of the molecule is C#Cc1cc(Nc2ccnc(N)c2/C=C/CCC)cc(OC)c1Cl.CC.CC1CN(C)CC(C)O1.CCNC=O. The average Bonchev–Trinajstić information content (AvgIpc) is 2.92. The predicted octanol–water partition coefficient (Wildman–Crippen LogP) is 6.37. The highest BCUT2D eigenvalue weighted by molar-refractivity contribution is 6.33. The van der Waals surface area contributed by atoms with Crippen LogP contribution in [0.25, 0.3) is 6.08 Å². The topological polar surface area (TPSA) is 102 Å². The summed E-state index contributed by atoms with van der Waals surface area (Å²) in [6.45, 7) is 15.1. The van der Waals surface area contributed by atoms with E-state index < -0.39 is 0 Å². The van der Waals surface area contributed by atoms with Crippen LogP contribution < -0.4 is 21.1 Å². The number of benzene rings is 1. The van der Waals surface area contributed by atoms with Gasteiger partial charge in [-0.15, -0.1) is 6.42 Å². The number of pyridine rings is 1. The molecule has 0 saturated carbocycles. The molecule has 9 heteroatoms. The van der Waals surface area contributed by atoms with E-state index in [1.807, 2.05) is 32.9 Å². The van der Waals surface area contributed by atoms with Gasteiger partial charge in [-0.3, -0.25) is 4.79 Å². The average molecular weight is 574 g/mol. The number of aromatic nitrogens is 1. The Kier molecular flexibility index (Phi) is 19.8. The lowest BCUT2D eigenvalue weighted by atomic mass is 10.1. The van der Waals surface area contributed by atoms with Gasteiger partial charge in [-0.05, 0) is 46.4 Å². The van der Waals surface area contributed by atoms with Gasteiger partial charge in [-0.1, -0.05) is 56.9 Å². The zero-order valence-electron chi connectivity index (χ0n) is 25.4. The standard InChI is InChI=1S/C19H20ClN3O.C7H15NO.C3H7NO.C2H6/c1-4-6-7-8-15-16(9-10-22-19(15)21)23-14-11-13(5-2)18(20)17(12-14)24-3;1-6-4-8(3)5-7(2)9-6;1-2-4-3-5;1-2/h2,7-12H,4,6H2,1,3H3,(H3,21,22,23);6-7H,4-5H2,1-3H3;3H,2H2,1H3,(H,4,5);1-2H3/b8-7+;;;. The summed E-state index contributed by atoms with van der Waals surface area (Å²) in [5, 5.41) is 6.16. The molecule has 2 heterocycles. The number of nitrogens with zero attached hydrogens (tertiary/aromatic N) is 2. The molecule has 0 aliphatic carbocycles. The molecule has 4 N–H and O–H groups in total. The molecular weight excluding hydrogens is 526 g/mol. The number of nitrogens with two attached hydrogens (primary N) is 1. The summed E-state index contributed by atoms with van der Waals surface area (Å²) >= 11 is 6.19. The van der Waals surface area contributed by atoms with Crippen molar-refractivity contribution in [3.05, 3.63) is 46.6 Å². The number of halogens is 1. The highest BCUT2D eigenvalue weighted by Crippen LogP contribution is 2.34. The van der Waals surface area contributed by atoms with E-state index in [-0.39, 0.29) is 0 Å². The third-order valence-corrected chi connectivity index (χ3v) is 5.73. The van der Waals surface area contributed by atoms with Crippen LogP contribution in [0, 0.1) is 12.3 Å². The molecule has 1 amide bonds. The van der Waals surface area contributed by atoms with Gasteiger partial charge in [0.15, 0.2) is 0 Å². The molecule has 1 aliphatic heterocycles. The molecule has 2 aromatic rings. The Morgan fingerprint density at radius 1 is 1.27 bits per heavy atom. The molecule has 0 radical (unpaired) electrons. The number of unbranched alkanes of at least 4 members (excludes halogenated alkanes) is 1. The first-order valence-electron chi connectivity index (χ1n) is 13.7. The summed E-state index contributed by atoms with van der Waals surface area (Å²) in [7, 11) is 3.68. The number of carbonyl (C=O) groups excluding carboxylic acids is 1. The first kappa shape index (κ1) is 36.8. The Morgan fingerprint density at radius 2 is 1.93 bits per heavy atom. The summed E-state index contributed by atoms with van der Waals surface area (Å²) in [4.78, 5) is 15.7. The third-order valence-electron chi connectivity index (χ3n) is 5.34. The van der Waals surface area contributed by atoms with Crippen LogP contribution in [0.2, 0.25) is 5.02 Å². The third kappa shape index (κ3) is 13.7.